The molecule has 0 aliphatic heterocycles. The molecule has 12 heteroatoms. The number of rotatable bonds is 15. The maximum atomic E-state index is 14.2. The summed E-state index contributed by atoms with van der Waals surface area (Å²) < 4.78 is 35.1. The van der Waals surface area contributed by atoms with Gasteiger partial charge in [-0.15, -0.1) is 11.8 Å². The van der Waals surface area contributed by atoms with Crippen LogP contribution in [0.25, 0.3) is 0 Å². The molecule has 3 aromatic carbocycles. The first-order valence-corrected chi connectivity index (χ1v) is 17.3. The molecule has 1 atom stereocenters. The number of ether oxygens (including phenoxy) is 1. The Balaban J connectivity index is 2.08. The summed E-state index contributed by atoms with van der Waals surface area (Å²) in [5.41, 5.74) is 0.764. The number of amides is 2. The molecule has 0 radical (unpaired) electrons. The number of unbranched alkanes of at least 4 members (excludes halogenated alkanes) is 1. The van der Waals surface area contributed by atoms with E-state index in [9.17, 15) is 18.0 Å². The van der Waals surface area contributed by atoms with Gasteiger partial charge in [-0.3, -0.25) is 13.9 Å². The van der Waals surface area contributed by atoms with Crippen molar-refractivity contribution in [3.63, 3.8) is 0 Å². The summed E-state index contributed by atoms with van der Waals surface area (Å²) in [5.74, 6) is -0.650. The number of carbonyl (C=O) groups is 2. The first kappa shape index (κ1) is 34.6. The van der Waals surface area contributed by atoms with Crippen molar-refractivity contribution in [2.75, 3.05) is 30.3 Å². The molecule has 0 aromatic heterocycles. The monoisotopic (exact) mass is 665 g/mol. The summed E-state index contributed by atoms with van der Waals surface area (Å²) in [7, 11) is -4.25. The van der Waals surface area contributed by atoms with Crippen molar-refractivity contribution in [3.8, 4) is 5.75 Å². The number of hydrogen-bond acceptors (Lipinski definition) is 6. The third kappa shape index (κ3) is 9.04. The van der Waals surface area contributed by atoms with E-state index in [4.69, 9.17) is 27.9 Å². The van der Waals surface area contributed by atoms with E-state index in [-0.39, 0.29) is 29.6 Å². The summed E-state index contributed by atoms with van der Waals surface area (Å²) in [4.78, 5) is 29.6. The van der Waals surface area contributed by atoms with Crippen molar-refractivity contribution in [1.82, 2.24) is 10.2 Å². The van der Waals surface area contributed by atoms with Crippen LogP contribution >= 0.6 is 35.0 Å². The van der Waals surface area contributed by atoms with Crippen molar-refractivity contribution in [2.45, 2.75) is 56.0 Å². The topological polar surface area (TPSA) is 96.0 Å². The van der Waals surface area contributed by atoms with Crippen molar-refractivity contribution in [1.29, 1.82) is 0 Å². The van der Waals surface area contributed by atoms with Crippen LogP contribution in [0.5, 0.6) is 5.75 Å². The van der Waals surface area contributed by atoms with Gasteiger partial charge in [0.1, 0.15) is 18.3 Å². The molecule has 1 N–H and O–H groups in total. The Morgan fingerprint density at radius 3 is 2.35 bits per heavy atom. The number of halogens is 2. The number of anilines is 1. The molecule has 0 saturated heterocycles. The lowest BCUT2D eigenvalue weighted by Crippen LogP contribution is -2.51. The third-order valence-corrected chi connectivity index (χ3v) is 9.82. The molecule has 232 valence electrons. The van der Waals surface area contributed by atoms with Gasteiger partial charge < -0.3 is 15.0 Å². The first-order valence-electron chi connectivity index (χ1n) is 13.9. The highest BCUT2D eigenvalue weighted by Gasteiger charge is 2.34. The summed E-state index contributed by atoms with van der Waals surface area (Å²) in [6, 6.07) is 17.0. The second-order valence-electron chi connectivity index (χ2n) is 9.67. The van der Waals surface area contributed by atoms with Crippen LogP contribution in [0.3, 0.4) is 0 Å². The number of benzene rings is 3. The molecule has 0 saturated carbocycles. The Morgan fingerprint density at radius 2 is 1.72 bits per heavy atom. The quantitative estimate of drug-likeness (QED) is 0.144. The van der Waals surface area contributed by atoms with Crippen molar-refractivity contribution in [3.05, 3.63) is 82.3 Å². The molecular weight excluding hydrogens is 629 g/mol. The van der Waals surface area contributed by atoms with Gasteiger partial charge in [0.05, 0.1) is 17.2 Å². The molecular formula is C31H37Cl2N3O5S2. The van der Waals surface area contributed by atoms with Crippen LogP contribution in [-0.2, 0) is 26.2 Å². The van der Waals surface area contributed by atoms with E-state index in [0.717, 1.165) is 22.0 Å². The van der Waals surface area contributed by atoms with Crippen molar-refractivity contribution >= 4 is 62.5 Å². The molecule has 2 amide bonds. The average molecular weight is 667 g/mol. The fourth-order valence-corrected chi connectivity index (χ4v) is 6.58. The zero-order valence-corrected chi connectivity index (χ0v) is 27.8. The van der Waals surface area contributed by atoms with Crippen LogP contribution in [0.2, 0.25) is 10.0 Å². The molecule has 0 aliphatic rings. The molecule has 0 bridgehead atoms. The predicted octanol–water partition coefficient (Wildman–Crippen LogP) is 6.64. The average Bonchev–Trinajstić information content (AvgIpc) is 2.99. The molecule has 0 aliphatic carbocycles. The van der Waals surface area contributed by atoms with Gasteiger partial charge in [-0.2, -0.15) is 0 Å². The molecule has 1 unspecified atom stereocenters. The maximum Gasteiger partial charge on any atom is 0.264 e. The van der Waals surface area contributed by atoms with E-state index in [1.54, 1.807) is 68.4 Å². The maximum absolute atomic E-state index is 14.2. The molecule has 3 aromatic rings. The van der Waals surface area contributed by atoms with Crippen LogP contribution in [-0.4, -0.2) is 57.1 Å². The van der Waals surface area contributed by atoms with E-state index in [1.165, 1.54) is 28.8 Å². The fraction of sp³-hybridized carbons (Fsp3) is 0.355. The molecule has 8 nitrogen and oxygen atoms in total. The third-order valence-electron chi connectivity index (χ3n) is 6.71. The standard InChI is InChI=1S/C31H37Cl2N3O5S2/c1-5-7-18-34-31(38)22(3)35(20-23-12-13-24(32)19-27(23)33)30(37)21-36(28-10-8-9-11-29(28)41-6-2)43(39,40)26-16-14-25(42-4)15-17-26/h8-17,19,22H,5-7,18,20-21H2,1-4H3,(H,34,38). The molecule has 43 heavy (non-hydrogen) atoms. The highest BCUT2D eigenvalue weighted by molar-refractivity contribution is 7.98. The largest absolute Gasteiger partial charge is 0.492 e. The number of para-hydroxylation sites is 2. The van der Waals surface area contributed by atoms with E-state index >= 15 is 0 Å². The van der Waals surface area contributed by atoms with E-state index < -0.39 is 28.5 Å². The Labute approximate surface area is 268 Å². The lowest BCUT2D eigenvalue weighted by atomic mass is 10.1. The van der Waals surface area contributed by atoms with Gasteiger partial charge in [0.25, 0.3) is 10.0 Å². The van der Waals surface area contributed by atoms with Gasteiger partial charge in [-0.1, -0.05) is 54.7 Å². The van der Waals surface area contributed by atoms with Crippen LogP contribution in [0.4, 0.5) is 5.69 Å². The SMILES string of the molecule is CCCCNC(=O)C(C)N(Cc1ccc(Cl)cc1Cl)C(=O)CN(c1ccccc1OCC)S(=O)(=O)c1ccc(SC)cc1. The minimum atomic E-state index is -4.25. The minimum Gasteiger partial charge on any atom is -0.492 e. The Morgan fingerprint density at radius 1 is 1.02 bits per heavy atom. The second kappa shape index (κ2) is 16.2. The van der Waals surface area contributed by atoms with E-state index in [0.29, 0.717) is 27.9 Å². The van der Waals surface area contributed by atoms with Crippen LogP contribution in [0, 0.1) is 0 Å². The van der Waals surface area contributed by atoms with Crippen LogP contribution in [0.15, 0.2) is 76.5 Å². The minimum absolute atomic E-state index is 0.0158. The van der Waals surface area contributed by atoms with E-state index in [2.05, 4.69) is 5.32 Å². The molecule has 0 heterocycles. The molecule has 0 spiro atoms. The Hall–Kier alpha value is -2.92. The lowest BCUT2D eigenvalue weighted by molar-refractivity contribution is -0.139. The van der Waals surface area contributed by atoms with Crippen LogP contribution in [0.1, 0.15) is 39.2 Å². The molecule has 3 rings (SSSR count). The van der Waals surface area contributed by atoms with Crippen molar-refractivity contribution in [2.24, 2.45) is 0 Å². The summed E-state index contributed by atoms with van der Waals surface area (Å²) in [6.45, 7) is 5.53. The Kier molecular flexibility index (Phi) is 13.1. The lowest BCUT2D eigenvalue weighted by Gasteiger charge is -2.32. The van der Waals surface area contributed by atoms with Crippen LogP contribution < -0.4 is 14.4 Å². The smallest absolute Gasteiger partial charge is 0.264 e. The zero-order valence-electron chi connectivity index (χ0n) is 24.7. The highest BCUT2D eigenvalue weighted by Crippen LogP contribution is 2.33. The highest BCUT2D eigenvalue weighted by atomic mass is 35.5. The summed E-state index contributed by atoms with van der Waals surface area (Å²) in [5, 5.41) is 3.61. The van der Waals surface area contributed by atoms with Crippen molar-refractivity contribution < 1.29 is 22.7 Å². The van der Waals surface area contributed by atoms with Gasteiger partial charge in [-0.05, 0) is 80.6 Å². The summed E-state index contributed by atoms with van der Waals surface area (Å²) in [6.07, 6.45) is 3.57. The van der Waals surface area contributed by atoms with Gasteiger partial charge in [0, 0.05) is 28.0 Å². The first-order chi connectivity index (χ1) is 20.5. The van der Waals surface area contributed by atoms with Gasteiger partial charge in [0.2, 0.25) is 11.8 Å². The fourth-order valence-electron chi connectivity index (χ4n) is 4.28. The number of thioether (sulfide) groups is 1. The number of sulfonamides is 1. The van der Waals surface area contributed by atoms with Gasteiger partial charge in [0.15, 0.2) is 0 Å². The second-order valence-corrected chi connectivity index (χ2v) is 13.3. The number of nitrogens with one attached hydrogen (secondary N) is 1. The normalized spacial score (nSPS) is 12.0. The zero-order chi connectivity index (χ0) is 31.6. The Bertz CT molecular complexity index is 1500. The number of nitrogens with zero attached hydrogens (tertiary/aromatic N) is 2. The summed E-state index contributed by atoms with van der Waals surface area (Å²) >= 11 is 14.0. The van der Waals surface area contributed by atoms with Gasteiger partial charge >= 0.3 is 0 Å². The number of hydrogen-bond donors (Lipinski definition) is 1. The van der Waals surface area contributed by atoms with Gasteiger partial charge in [-0.25, -0.2) is 8.42 Å². The predicted molar refractivity (Wildman–Crippen MR) is 175 cm³/mol. The number of carbonyl (C=O) groups excluding carboxylic acids is 2. The molecule has 0 fully saturated rings. The van der Waals surface area contributed by atoms with E-state index in [1.807, 2.05) is 13.2 Å².